The van der Waals surface area contributed by atoms with Gasteiger partial charge in [-0.1, -0.05) is 11.6 Å². The zero-order valence-electron chi connectivity index (χ0n) is 10.5. The molecule has 0 bridgehead atoms. The largest absolute Gasteiger partial charge is 0.481 e. The second kappa shape index (κ2) is 5.72. The maximum absolute atomic E-state index is 11.8. The Kier molecular flexibility index (Phi) is 4.52. The average molecular weight is 281 g/mol. The zero-order chi connectivity index (χ0) is 14.6. The van der Waals surface area contributed by atoms with Crippen molar-refractivity contribution in [1.82, 2.24) is 0 Å². The van der Waals surface area contributed by atoms with Crippen LogP contribution in [0.1, 0.15) is 25.8 Å². The quantitative estimate of drug-likeness (QED) is 0.887. The lowest BCUT2D eigenvalue weighted by Crippen LogP contribution is -2.29. The number of carbonyl (C=O) groups excluding carboxylic acids is 1. The van der Waals surface area contributed by atoms with Crippen molar-refractivity contribution in [2.75, 3.05) is 5.32 Å². The van der Waals surface area contributed by atoms with E-state index in [0.29, 0.717) is 5.02 Å². The third kappa shape index (κ3) is 3.97. The first-order valence-electron chi connectivity index (χ1n) is 5.49. The molecule has 0 aliphatic heterocycles. The molecule has 1 aromatic carbocycles. The molecule has 2 N–H and O–H groups in total. The smallest absolute Gasteiger partial charge is 0.309 e. The standard InChI is InChI=1S/C13H13ClN2O3/c1-13(2,12(18)19)6-11(17)16-10-5-9(14)4-3-8(10)7-15/h3-5H,6H2,1-2H3,(H,16,17)(H,18,19). The molecule has 0 aliphatic carbocycles. The summed E-state index contributed by atoms with van der Waals surface area (Å²) in [6.07, 6.45) is -0.195. The van der Waals surface area contributed by atoms with Crippen LogP contribution in [0.3, 0.4) is 0 Å². The van der Waals surface area contributed by atoms with E-state index in [1.807, 2.05) is 6.07 Å². The molecule has 19 heavy (non-hydrogen) atoms. The van der Waals surface area contributed by atoms with E-state index in [2.05, 4.69) is 5.32 Å². The lowest BCUT2D eigenvalue weighted by atomic mass is 9.89. The summed E-state index contributed by atoms with van der Waals surface area (Å²) in [4.78, 5) is 22.7. The number of carbonyl (C=O) groups is 2. The molecule has 0 saturated carbocycles. The minimum atomic E-state index is -1.17. The van der Waals surface area contributed by atoms with E-state index in [1.165, 1.54) is 32.0 Å². The molecule has 0 heterocycles. The summed E-state index contributed by atoms with van der Waals surface area (Å²) in [5, 5.41) is 20.7. The normalized spacial score (nSPS) is 10.6. The van der Waals surface area contributed by atoms with E-state index in [0.717, 1.165) is 0 Å². The van der Waals surface area contributed by atoms with E-state index >= 15 is 0 Å². The Balaban J connectivity index is 2.87. The fraction of sp³-hybridized carbons (Fsp3) is 0.308. The summed E-state index contributed by atoms with van der Waals surface area (Å²) in [5.74, 6) is -1.54. The fourth-order valence-electron chi connectivity index (χ4n) is 1.39. The van der Waals surface area contributed by atoms with Crippen molar-refractivity contribution in [2.24, 2.45) is 5.41 Å². The predicted octanol–water partition coefficient (Wildman–Crippen LogP) is 2.65. The molecule has 0 fully saturated rings. The van der Waals surface area contributed by atoms with Crippen LogP contribution < -0.4 is 5.32 Å². The minimum absolute atomic E-state index is 0.195. The summed E-state index contributed by atoms with van der Waals surface area (Å²) < 4.78 is 0. The topological polar surface area (TPSA) is 90.2 Å². The first-order valence-corrected chi connectivity index (χ1v) is 5.87. The van der Waals surface area contributed by atoms with Crippen molar-refractivity contribution in [2.45, 2.75) is 20.3 Å². The Morgan fingerprint density at radius 1 is 1.47 bits per heavy atom. The molecule has 0 atom stereocenters. The molecule has 0 saturated heterocycles. The molecule has 6 heteroatoms. The van der Waals surface area contributed by atoms with E-state index in [9.17, 15) is 9.59 Å². The number of amides is 1. The number of nitrogens with zero attached hydrogens (tertiary/aromatic N) is 1. The van der Waals surface area contributed by atoms with Crippen molar-refractivity contribution in [1.29, 1.82) is 5.26 Å². The number of benzene rings is 1. The van der Waals surface area contributed by atoms with Gasteiger partial charge in [0.05, 0.1) is 16.7 Å². The van der Waals surface area contributed by atoms with E-state index in [4.69, 9.17) is 22.0 Å². The lowest BCUT2D eigenvalue weighted by molar-refractivity contribution is -0.148. The van der Waals surface area contributed by atoms with Crippen LogP contribution in [0.25, 0.3) is 0 Å². The van der Waals surface area contributed by atoms with Gasteiger partial charge in [0.1, 0.15) is 6.07 Å². The third-order valence-corrected chi connectivity index (χ3v) is 2.79. The Hall–Kier alpha value is -2.06. The molecule has 1 aromatic rings. The van der Waals surface area contributed by atoms with Gasteiger partial charge in [-0.05, 0) is 32.0 Å². The van der Waals surface area contributed by atoms with Crippen molar-refractivity contribution in [3.8, 4) is 6.07 Å². The highest BCUT2D eigenvalue weighted by Gasteiger charge is 2.30. The number of halogens is 1. The number of carboxylic acid groups (broad SMARTS) is 1. The van der Waals surface area contributed by atoms with Crippen molar-refractivity contribution in [3.05, 3.63) is 28.8 Å². The highest BCUT2D eigenvalue weighted by Crippen LogP contribution is 2.24. The van der Waals surface area contributed by atoms with Crippen LogP contribution in [0.4, 0.5) is 5.69 Å². The van der Waals surface area contributed by atoms with Crippen molar-refractivity contribution < 1.29 is 14.7 Å². The van der Waals surface area contributed by atoms with Gasteiger partial charge in [0.25, 0.3) is 0 Å². The van der Waals surface area contributed by atoms with Crippen LogP contribution in [0.15, 0.2) is 18.2 Å². The molecule has 0 radical (unpaired) electrons. The van der Waals surface area contributed by atoms with Crippen LogP contribution in [0, 0.1) is 16.7 Å². The summed E-state index contributed by atoms with van der Waals surface area (Å²) in [6.45, 7) is 2.91. The zero-order valence-corrected chi connectivity index (χ0v) is 11.3. The number of carboxylic acids is 1. The van der Waals surface area contributed by atoms with Crippen LogP contribution in [-0.4, -0.2) is 17.0 Å². The Labute approximate surface area is 115 Å². The van der Waals surface area contributed by atoms with Gasteiger partial charge in [0.2, 0.25) is 5.91 Å². The van der Waals surface area contributed by atoms with Gasteiger partial charge in [-0.15, -0.1) is 0 Å². The second-order valence-corrected chi connectivity index (χ2v) is 5.15. The average Bonchev–Trinajstić information content (AvgIpc) is 2.28. The van der Waals surface area contributed by atoms with Crippen LogP contribution >= 0.6 is 11.6 Å². The highest BCUT2D eigenvalue weighted by molar-refractivity contribution is 6.31. The van der Waals surface area contributed by atoms with Crippen LogP contribution in [0.5, 0.6) is 0 Å². The van der Waals surface area contributed by atoms with Crippen LogP contribution in [0.2, 0.25) is 5.02 Å². The van der Waals surface area contributed by atoms with Gasteiger partial charge in [-0.3, -0.25) is 9.59 Å². The molecule has 0 aliphatic rings. The van der Waals surface area contributed by atoms with Gasteiger partial charge in [-0.25, -0.2) is 0 Å². The molecule has 1 amide bonds. The maximum atomic E-state index is 11.8. The number of aliphatic carboxylic acids is 1. The Bertz CT molecular complexity index is 561. The third-order valence-electron chi connectivity index (χ3n) is 2.56. The summed E-state index contributed by atoms with van der Waals surface area (Å²) >= 11 is 5.79. The van der Waals surface area contributed by atoms with Gasteiger partial charge in [0.15, 0.2) is 0 Å². The number of anilines is 1. The highest BCUT2D eigenvalue weighted by atomic mass is 35.5. The Morgan fingerprint density at radius 2 is 2.11 bits per heavy atom. The molecular weight excluding hydrogens is 268 g/mol. The van der Waals surface area contributed by atoms with Gasteiger partial charge in [-0.2, -0.15) is 5.26 Å². The summed E-state index contributed by atoms with van der Waals surface area (Å²) in [7, 11) is 0. The van der Waals surface area contributed by atoms with Gasteiger partial charge in [0, 0.05) is 11.4 Å². The van der Waals surface area contributed by atoms with E-state index in [1.54, 1.807) is 0 Å². The number of nitriles is 1. The SMILES string of the molecule is CC(C)(CC(=O)Nc1cc(Cl)ccc1C#N)C(=O)O. The second-order valence-electron chi connectivity index (χ2n) is 4.72. The molecular formula is C13H13ClN2O3. The Morgan fingerprint density at radius 3 is 2.63 bits per heavy atom. The first-order chi connectivity index (χ1) is 8.76. The minimum Gasteiger partial charge on any atom is -0.481 e. The van der Waals surface area contributed by atoms with Gasteiger partial charge < -0.3 is 10.4 Å². The number of rotatable bonds is 4. The van der Waals surface area contributed by atoms with E-state index < -0.39 is 17.3 Å². The fourth-order valence-corrected chi connectivity index (χ4v) is 1.56. The van der Waals surface area contributed by atoms with Crippen LogP contribution in [-0.2, 0) is 9.59 Å². The summed E-state index contributed by atoms with van der Waals surface area (Å²) in [6, 6.07) is 6.40. The number of hydrogen-bond donors (Lipinski definition) is 2. The molecule has 0 aromatic heterocycles. The molecule has 100 valence electrons. The lowest BCUT2D eigenvalue weighted by Gasteiger charge is -2.18. The van der Waals surface area contributed by atoms with Crippen molar-refractivity contribution >= 4 is 29.2 Å². The molecule has 0 unspecified atom stereocenters. The monoisotopic (exact) mass is 280 g/mol. The summed E-state index contributed by atoms with van der Waals surface area (Å²) in [5.41, 5.74) is -0.623. The molecule has 5 nitrogen and oxygen atoms in total. The van der Waals surface area contributed by atoms with E-state index in [-0.39, 0.29) is 17.7 Å². The van der Waals surface area contributed by atoms with Gasteiger partial charge >= 0.3 is 5.97 Å². The predicted molar refractivity (Wildman–Crippen MR) is 70.8 cm³/mol. The molecule has 0 spiro atoms. The van der Waals surface area contributed by atoms with Crippen molar-refractivity contribution in [3.63, 3.8) is 0 Å². The number of hydrogen-bond acceptors (Lipinski definition) is 3. The first kappa shape index (κ1) is 15.0. The maximum Gasteiger partial charge on any atom is 0.309 e. The molecule has 1 rings (SSSR count). The number of nitrogens with one attached hydrogen (secondary N) is 1.